The lowest BCUT2D eigenvalue weighted by Crippen LogP contribution is -2.13. The zero-order chi connectivity index (χ0) is 21.1. The maximum Gasteiger partial charge on any atom is 0.259 e. The van der Waals surface area contributed by atoms with Crippen molar-refractivity contribution in [1.82, 2.24) is 24.9 Å². The summed E-state index contributed by atoms with van der Waals surface area (Å²) in [6.07, 6.45) is 4.93. The van der Waals surface area contributed by atoms with Gasteiger partial charge in [-0.15, -0.1) is 0 Å². The molecule has 0 aliphatic heterocycles. The highest BCUT2D eigenvalue weighted by Crippen LogP contribution is 2.20. The Bertz CT molecular complexity index is 1160. The summed E-state index contributed by atoms with van der Waals surface area (Å²) in [6.45, 7) is 5.90. The number of hydrogen-bond acceptors (Lipinski definition) is 6. The van der Waals surface area contributed by atoms with E-state index in [2.05, 4.69) is 32.5 Å². The van der Waals surface area contributed by atoms with Crippen molar-refractivity contribution in [3.63, 3.8) is 0 Å². The molecule has 0 atom stereocenters. The molecule has 4 aromatic rings. The third kappa shape index (κ3) is 3.98. The third-order valence-electron chi connectivity index (χ3n) is 4.72. The predicted octanol–water partition coefficient (Wildman–Crippen LogP) is 4.14. The zero-order valence-electron chi connectivity index (χ0n) is 17.1. The molecule has 0 unspecified atom stereocenters. The van der Waals surface area contributed by atoms with Gasteiger partial charge in [0.1, 0.15) is 0 Å². The van der Waals surface area contributed by atoms with Crippen LogP contribution in [0, 0.1) is 13.8 Å². The molecule has 0 fully saturated rings. The Morgan fingerprint density at radius 3 is 2.60 bits per heavy atom. The fraction of sp³-hybridized carbons (Fsp3) is 0.227. The topological polar surface area (TPSA) is 98.7 Å². The van der Waals surface area contributed by atoms with Gasteiger partial charge in [0.15, 0.2) is 11.6 Å². The molecule has 0 radical (unpaired) electrons. The van der Waals surface area contributed by atoms with Crippen molar-refractivity contribution in [3.8, 4) is 17.3 Å². The number of aromatic nitrogens is 5. The molecule has 152 valence electrons. The molecule has 4 rings (SSSR count). The lowest BCUT2D eigenvalue weighted by atomic mass is 10.2. The van der Waals surface area contributed by atoms with E-state index in [-0.39, 0.29) is 5.91 Å². The van der Waals surface area contributed by atoms with E-state index >= 15 is 0 Å². The van der Waals surface area contributed by atoms with Crippen LogP contribution in [0.3, 0.4) is 0 Å². The van der Waals surface area contributed by atoms with Crippen LogP contribution in [0.1, 0.15) is 40.8 Å². The number of aryl methyl sites for hydroxylation is 2. The van der Waals surface area contributed by atoms with Crippen LogP contribution in [0.15, 0.2) is 53.3 Å². The molecule has 0 aliphatic rings. The molecule has 1 N–H and O–H groups in total. The number of pyridine rings is 1. The Hall–Kier alpha value is -3.81. The molecule has 0 saturated heterocycles. The first-order chi connectivity index (χ1) is 14.5. The summed E-state index contributed by atoms with van der Waals surface area (Å²) in [5, 5.41) is 11.2. The van der Waals surface area contributed by atoms with Gasteiger partial charge in [0.05, 0.1) is 23.0 Å². The number of nitrogens with one attached hydrogen (secondary N) is 1. The van der Waals surface area contributed by atoms with Gasteiger partial charge in [-0.25, -0.2) is 9.67 Å². The van der Waals surface area contributed by atoms with Crippen molar-refractivity contribution < 1.29 is 9.32 Å². The van der Waals surface area contributed by atoms with E-state index in [0.717, 1.165) is 29.7 Å². The molecule has 3 heterocycles. The highest BCUT2D eigenvalue weighted by molar-refractivity contribution is 6.04. The largest absolute Gasteiger partial charge is 0.334 e. The smallest absolute Gasteiger partial charge is 0.259 e. The predicted molar refractivity (Wildman–Crippen MR) is 113 cm³/mol. The molecule has 3 aromatic heterocycles. The maximum atomic E-state index is 12.6. The van der Waals surface area contributed by atoms with Crippen LogP contribution < -0.4 is 5.32 Å². The fourth-order valence-electron chi connectivity index (χ4n) is 3.03. The van der Waals surface area contributed by atoms with Crippen molar-refractivity contribution in [3.05, 3.63) is 71.4 Å². The summed E-state index contributed by atoms with van der Waals surface area (Å²) >= 11 is 0. The van der Waals surface area contributed by atoms with Gasteiger partial charge >= 0.3 is 0 Å². The summed E-state index contributed by atoms with van der Waals surface area (Å²) in [6, 6.07) is 11.3. The summed E-state index contributed by atoms with van der Waals surface area (Å²) in [5.74, 6) is 1.50. The summed E-state index contributed by atoms with van der Waals surface area (Å²) in [5.41, 5.74) is 3.79. The van der Waals surface area contributed by atoms with E-state index in [1.807, 2.05) is 44.2 Å². The lowest BCUT2D eigenvalue weighted by Gasteiger charge is -2.07. The molecule has 0 saturated carbocycles. The van der Waals surface area contributed by atoms with Crippen LogP contribution in [0.2, 0.25) is 0 Å². The van der Waals surface area contributed by atoms with E-state index in [9.17, 15) is 4.79 Å². The van der Waals surface area contributed by atoms with Crippen LogP contribution in [0.4, 0.5) is 5.69 Å². The number of carbonyl (C=O) groups is 1. The Kier molecular flexibility index (Phi) is 5.38. The summed E-state index contributed by atoms with van der Waals surface area (Å²) in [7, 11) is 0. The number of hydrogen-bond donors (Lipinski definition) is 1. The zero-order valence-corrected chi connectivity index (χ0v) is 17.1. The first-order valence-electron chi connectivity index (χ1n) is 9.77. The van der Waals surface area contributed by atoms with Crippen molar-refractivity contribution in [2.45, 2.75) is 33.6 Å². The van der Waals surface area contributed by atoms with Crippen LogP contribution in [-0.4, -0.2) is 30.8 Å². The number of benzene rings is 1. The van der Waals surface area contributed by atoms with Crippen molar-refractivity contribution in [2.75, 3.05) is 5.32 Å². The SMILES string of the molecule is CCCc1noc(-c2ccc(-n3ncc(C(=O)Nc4ccc(C)cc4)c3C)nc2)n1. The first kappa shape index (κ1) is 19.5. The Morgan fingerprint density at radius 2 is 1.90 bits per heavy atom. The summed E-state index contributed by atoms with van der Waals surface area (Å²) < 4.78 is 6.92. The maximum absolute atomic E-state index is 12.6. The Morgan fingerprint density at radius 1 is 1.10 bits per heavy atom. The lowest BCUT2D eigenvalue weighted by molar-refractivity contribution is 0.102. The number of nitrogens with zero attached hydrogens (tertiary/aromatic N) is 5. The second kappa shape index (κ2) is 8.28. The van der Waals surface area contributed by atoms with Crippen LogP contribution in [0.5, 0.6) is 0 Å². The average molecular weight is 402 g/mol. The van der Waals surface area contributed by atoms with Crippen LogP contribution >= 0.6 is 0 Å². The summed E-state index contributed by atoms with van der Waals surface area (Å²) in [4.78, 5) is 21.5. The van der Waals surface area contributed by atoms with E-state index in [1.165, 1.54) is 0 Å². The fourth-order valence-corrected chi connectivity index (χ4v) is 3.03. The molecular formula is C22H22N6O2. The van der Waals surface area contributed by atoms with Crippen molar-refractivity contribution >= 4 is 11.6 Å². The van der Waals surface area contributed by atoms with Gasteiger partial charge in [-0.1, -0.05) is 29.8 Å². The highest BCUT2D eigenvalue weighted by Gasteiger charge is 2.16. The molecule has 1 amide bonds. The van der Waals surface area contributed by atoms with E-state index in [4.69, 9.17) is 4.52 Å². The second-order valence-electron chi connectivity index (χ2n) is 7.05. The number of rotatable bonds is 6. The second-order valence-corrected chi connectivity index (χ2v) is 7.05. The first-order valence-corrected chi connectivity index (χ1v) is 9.77. The number of anilines is 1. The Labute approximate surface area is 174 Å². The molecule has 0 bridgehead atoms. The third-order valence-corrected chi connectivity index (χ3v) is 4.72. The van der Waals surface area contributed by atoms with Gasteiger partial charge < -0.3 is 9.84 Å². The molecule has 8 nitrogen and oxygen atoms in total. The Balaban J connectivity index is 1.52. The van der Waals surface area contributed by atoms with Gasteiger partial charge in [0, 0.05) is 18.3 Å². The van der Waals surface area contributed by atoms with Gasteiger partial charge in [0.2, 0.25) is 0 Å². The molecule has 0 spiro atoms. The van der Waals surface area contributed by atoms with Gasteiger partial charge in [-0.2, -0.15) is 10.1 Å². The molecule has 8 heteroatoms. The minimum absolute atomic E-state index is 0.214. The minimum atomic E-state index is -0.214. The molecule has 1 aromatic carbocycles. The molecule has 0 aliphatic carbocycles. The molecular weight excluding hydrogens is 380 g/mol. The molecule has 30 heavy (non-hydrogen) atoms. The van der Waals surface area contributed by atoms with Gasteiger partial charge in [-0.05, 0) is 44.5 Å². The van der Waals surface area contributed by atoms with E-state index < -0.39 is 0 Å². The number of amides is 1. The number of carbonyl (C=O) groups excluding carboxylic acids is 1. The monoisotopic (exact) mass is 402 g/mol. The van der Waals surface area contributed by atoms with Gasteiger partial charge in [-0.3, -0.25) is 4.79 Å². The van der Waals surface area contributed by atoms with Crippen molar-refractivity contribution in [1.29, 1.82) is 0 Å². The van der Waals surface area contributed by atoms with Crippen LogP contribution in [-0.2, 0) is 6.42 Å². The van der Waals surface area contributed by atoms with Crippen LogP contribution in [0.25, 0.3) is 17.3 Å². The van der Waals surface area contributed by atoms with Crippen molar-refractivity contribution in [2.24, 2.45) is 0 Å². The average Bonchev–Trinajstić information content (AvgIpc) is 3.37. The highest BCUT2D eigenvalue weighted by atomic mass is 16.5. The van der Waals surface area contributed by atoms with E-state index in [1.54, 1.807) is 23.1 Å². The standard InChI is InChI=1S/C22H22N6O2/c1-4-5-19-26-22(30-27-19)16-8-11-20(23-12-16)28-15(3)18(13-24-28)21(29)25-17-9-6-14(2)7-10-17/h6-13H,4-5H2,1-3H3,(H,25,29). The van der Waals surface area contributed by atoms with E-state index in [0.29, 0.717) is 28.8 Å². The quantitative estimate of drug-likeness (QED) is 0.520. The minimum Gasteiger partial charge on any atom is -0.334 e. The normalized spacial score (nSPS) is 10.9. The van der Waals surface area contributed by atoms with Gasteiger partial charge in [0.25, 0.3) is 11.8 Å².